The molecule has 8 heteroatoms. The lowest BCUT2D eigenvalue weighted by atomic mass is 10.2. The van der Waals surface area contributed by atoms with E-state index in [0.717, 1.165) is 12.1 Å². The Bertz CT molecular complexity index is 997. The monoisotopic (exact) mass is 351 g/mol. The van der Waals surface area contributed by atoms with Gasteiger partial charge >= 0.3 is 0 Å². The summed E-state index contributed by atoms with van der Waals surface area (Å²) in [7, 11) is 1.55. The van der Waals surface area contributed by atoms with Gasteiger partial charge in [0.2, 0.25) is 5.91 Å². The molecular weight excluding hydrogens is 334 g/mol. The summed E-state index contributed by atoms with van der Waals surface area (Å²) in [5.41, 5.74) is 2.46. The topological polar surface area (TPSA) is 88.8 Å². The number of nitrogens with zero attached hydrogens (tertiary/aromatic N) is 4. The van der Waals surface area contributed by atoms with Gasteiger partial charge < -0.3 is 15.0 Å². The Hall–Kier alpha value is -3.42. The molecule has 0 bridgehead atoms. The first-order chi connectivity index (χ1) is 12.7. The highest BCUT2D eigenvalue weighted by atomic mass is 16.5. The number of hydrogen-bond acceptors (Lipinski definition) is 5. The summed E-state index contributed by atoms with van der Waals surface area (Å²) in [5, 5.41) is 10.5. The minimum Gasteiger partial charge on any atom is -0.494 e. The van der Waals surface area contributed by atoms with Gasteiger partial charge in [-0.15, -0.1) is 10.2 Å². The number of rotatable bonds is 4. The van der Waals surface area contributed by atoms with Crippen molar-refractivity contribution < 1.29 is 14.3 Å². The van der Waals surface area contributed by atoms with Crippen LogP contribution >= 0.6 is 0 Å². The molecule has 2 aromatic heterocycles. The normalized spacial score (nSPS) is 14.0. The van der Waals surface area contributed by atoms with Crippen LogP contribution in [0.2, 0.25) is 0 Å². The molecule has 132 valence electrons. The van der Waals surface area contributed by atoms with Gasteiger partial charge in [-0.2, -0.15) is 0 Å². The number of anilines is 2. The maximum atomic E-state index is 12.5. The molecule has 1 N–H and O–H groups in total. The molecule has 0 aliphatic carbocycles. The molecule has 1 aliphatic heterocycles. The van der Waals surface area contributed by atoms with Crippen LogP contribution in [0, 0.1) is 0 Å². The van der Waals surface area contributed by atoms with Gasteiger partial charge in [-0.3, -0.25) is 14.0 Å². The minimum absolute atomic E-state index is 0.0855. The SMILES string of the molecule is COc1cc(NC(=O)c2ccc3nncn3c2)ccc1N1CCCC1=O. The molecule has 8 nitrogen and oxygen atoms in total. The molecule has 1 aromatic carbocycles. The van der Waals surface area contributed by atoms with Crippen molar-refractivity contribution in [2.45, 2.75) is 12.8 Å². The molecule has 0 spiro atoms. The van der Waals surface area contributed by atoms with Crippen molar-refractivity contribution in [1.82, 2.24) is 14.6 Å². The van der Waals surface area contributed by atoms with Crippen LogP contribution in [0.25, 0.3) is 5.65 Å². The van der Waals surface area contributed by atoms with Crippen LogP contribution in [0.4, 0.5) is 11.4 Å². The number of hydrogen-bond donors (Lipinski definition) is 1. The first kappa shape index (κ1) is 16.1. The first-order valence-corrected chi connectivity index (χ1v) is 8.25. The van der Waals surface area contributed by atoms with E-state index in [4.69, 9.17) is 4.74 Å². The van der Waals surface area contributed by atoms with Crippen molar-refractivity contribution in [2.24, 2.45) is 0 Å². The van der Waals surface area contributed by atoms with E-state index < -0.39 is 0 Å². The zero-order chi connectivity index (χ0) is 18.1. The molecule has 0 unspecified atom stereocenters. The summed E-state index contributed by atoms with van der Waals surface area (Å²) in [6.07, 6.45) is 4.59. The first-order valence-electron chi connectivity index (χ1n) is 8.25. The van der Waals surface area contributed by atoms with Crippen LogP contribution in [-0.4, -0.2) is 40.1 Å². The standard InChI is InChI=1S/C18H17N5O3/c1-26-15-9-13(5-6-14(15)23-8-2-3-17(23)24)20-18(25)12-4-7-16-21-19-11-22(16)10-12/h4-7,9-11H,2-3,8H2,1H3,(H,20,25). The van der Waals surface area contributed by atoms with Crippen molar-refractivity contribution >= 4 is 28.8 Å². The second-order valence-corrected chi connectivity index (χ2v) is 6.00. The largest absolute Gasteiger partial charge is 0.494 e. The van der Waals surface area contributed by atoms with Crippen molar-refractivity contribution in [3.8, 4) is 5.75 Å². The van der Waals surface area contributed by atoms with E-state index in [9.17, 15) is 9.59 Å². The number of benzene rings is 1. The molecule has 0 atom stereocenters. The van der Waals surface area contributed by atoms with Gasteiger partial charge in [0, 0.05) is 30.9 Å². The summed E-state index contributed by atoms with van der Waals surface area (Å²) >= 11 is 0. The van der Waals surface area contributed by atoms with E-state index in [1.165, 1.54) is 6.33 Å². The van der Waals surface area contributed by atoms with Crippen LogP contribution in [0.5, 0.6) is 5.75 Å². The molecule has 2 amide bonds. The fourth-order valence-corrected chi connectivity index (χ4v) is 3.05. The van der Waals surface area contributed by atoms with E-state index in [-0.39, 0.29) is 11.8 Å². The third-order valence-electron chi connectivity index (χ3n) is 4.35. The smallest absolute Gasteiger partial charge is 0.257 e. The van der Waals surface area contributed by atoms with E-state index in [2.05, 4.69) is 15.5 Å². The van der Waals surface area contributed by atoms with E-state index in [1.807, 2.05) is 0 Å². The Morgan fingerprint density at radius 1 is 1.27 bits per heavy atom. The molecule has 1 aliphatic rings. The molecule has 1 saturated heterocycles. The van der Waals surface area contributed by atoms with Crippen LogP contribution in [-0.2, 0) is 4.79 Å². The van der Waals surface area contributed by atoms with Crippen molar-refractivity contribution in [1.29, 1.82) is 0 Å². The average Bonchev–Trinajstić information content (AvgIpc) is 3.29. The van der Waals surface area contributed by atoms with Crippen LogP contribution in [0.3, 0.4) is 0 Å². The lowest BCUT2D eigenvalue weighted by Crippen LogP contribution is -2.24. The Kier molecular flexibility index (Phi) is 4.00. The van der Waals surface area contributed by atoms with Crippen LogP contribution in [0.15, 0.2) is 42.9 Å². The third-order valence-corrected chi connectivity index (χ3v) is 4.35. The second kappa shape index (κ2) is 6.47. The Morgan fingerprint density at radius 3 is 2.92 bits per heavy atom. The maximum Gasteiger partial charge on any atom is 0.257 e. The molecular formula is C18H17N5O3. The Morgan fingerprint density at radius 2 is 2.15 bits per heavy atom. The molecule has 1 fully saturated rings. The molecule has 0 radical (unpaired) electrons. The van der Waals surface area contributed by atoms with Crippen molar-refractivity contribution in [3.63, 3.8) is 0 Å². The quantitative estimate of drug-likeness (QED) is 0.778. The van der Waals surface area contributed by atoms with Crippen molar-refractivity contribution in [2.75, 3.05) is 23.9 Å². The van der Waals surface area contributed by atoms with Gasteiger partial charge in [-0.1, -0.05) is 0 Å². The summed E-state index contributed by atoms with van der Waals surface area (Å²) in [5.74, 6) is 0.377. The third kappa shape index (κ3) is 2.85. The predicted octanol–water partition coefficient (Wildman–Crippen LogP) is 2.12. The Labute approximate surface area is 149 Å². The van der Waals surface area contributed by atoms with Gasteiger partial charge in [0.05, 0.1) is 18.4 Å². The van der Waals surface area contributed by atoms with Gasteiger partial charge in [-0.05, 0) is 30.7 Å². The highest BCUT2D eigenvalue weighted by molar-refractivity contribution is 6.04. The average molecular weight is 351 g/mol. The maximum absolute atomic E-state index is 12.5. The number of carbonyl (C=O) groups excluding carboxylic acids is 2. The number of methoxy groups -OCH3 is 1. The molecule has 0 saturated carbocycles. The number of pyridine rings is 1. The lowest BCUT2D eigenvalue weighted by molar-refractivity contribution is -0.117. The summed E-state index contributed by atoms with van der Waals surface area (Å²) in [4.78, 5) is 26.2. The number of carbonyl (C=O) groups is 2. The minimum atomic E-state index is -0.257. The zero-order valence-corrected chi connectivity index (χ0v) is 14.2. The molecule has 3 heterocycles. The summed E-state index contributed by atoms with van der Waals surface area (Å²) in [6, 6.07) is 8.69. The second-order valence-electron chi connectivity index (χ2n) is 6.00. The fraction of sp³-hybridized carbons (Fsp3) is 0.222. The highest BCUT2D eigenvalue weighted by Gasteiger charge is 2.24. The van der Waals surface area contributed by atoms with Crippen LogP contribution in [0.1, 0.15) is 23.2 Å². The number of fused-ring (bicyclic) bond motifs is 1. The van der Waals surface area contributed by atoms with Gasteiger partial charge in [0.1, 0.15) is 12.1 Å². The van der Waals surface area contributed by atoms with Crippen LogP contribution < -0.4 is 15.0 Å². The lowest BCUT2D eigenvalue weighted by Gasteiger charge is -2.19. The van der Waals surface area contributed by atoms with E-state index in [0.29, 0.717) is 35.6 Å². The summed E-state index contributed by atoms with van der Waals surface area (Å²) in [6.45, 7) is 0.680. The van der Waals surface area contributed by atoms with Crippen molar-refractivity contribution in [3.05, 3.63) is 48.4 Å². The van der Waals surface area contributed by atoms with Gasteiger partial charge in [0.15, 0.2) is 5.65 Å². The van der Waals surface area contributed by atoms with E-state index in [1.54, 1.807) is 52.9 Å². The predicted molar refractivity (Wildman–Crippen MR) is 95.5 cm³/mol. The molecule has 3 aromatic rings. The number of ether oxygens (including phenoxy) is 1. The molecule has 4 rings (SSSR count). The summed E-state index contributed by atoms with van der Waals surface area (Å²) < 4.78 is 7.09. The number of aromatic nitrogens is 3. The zero-order valence-electron chi connectivity index (χ0n) is 14.2. The van der Waals surface area contributed by atoms with E-state index >= 15 is 0 Å². The van der Waals surface area contributed by atoms with Gasteiger partial charge in [0.25, 0.3) is 5.91 Å². The molecule has 26 heavy (non-hydrogen) atoms. The highest BCUT2D eigenvalue weighted by Crippen LogP contribution is 2.33. The fourth-order valence-electron chi connectivity index (χ4n) is 3.05. The van der Waals surface area contributed by atoms with Gasteiger partial charge in [-0.25, -0.2) is 0 Å². The Balaban J connectivity index is 1.57. The number of nitrogens with one attached hydrogen (secondary N) is 1. The number of amides is 2.